The largest absolute Gasteiger partial charge is 0.506 e. The van der Waals surface area contributed by atoms with Crippen molar-refractivity contribution in [1.29, 1.82) is 0 Å². The van der Waals surface area contributed by atoms with E-state index in [9.17, 15) is 9.90 Å². The van der Waals surface area contributed by atoms with Crippen molar-refractivity contribution in [2.75, 3.05) is 28.2 Å². The highest BCUT2D eigenvalue weighted by Crippen LogP contribution is 2.28. The predicted molar refractivity (Wildman–Crippen MR) is 148 cm³/mol. The summed E-state index contributed by atoms with van der Waals surface area (Å²) in [4.78, 5) is 21.9. The predicted octanol–water partition coefficient (Wildman–Crippen LogP) is 6.64. The number of carbonyl (C=O) groups excluding carboxylic acids is 1. The van der Waals surface area contributed by atoms with Crippen LogP contribution in [0.1, 0.15) is 48.5 Å². The van der Waals surface area contributed by atoms with Gasteiger partial charge in [-0.1, -0.05) is 0 Å². The van der Waals surface area contributed by atoms with Gasteiger partial charge in [0, 0.05) is 53.9 Å². The van der Waals surface area contributed by atoms with Crippen molar-refractivity contribution in [1.82, 2.24) is 0 Å². The Morgan fingerprint density at radius 3 is 1.80 bits per heavy atom. The van der Waals surface area contributed by atoms with Crippen LogP contribution >= 0.6 is 0 Å². The van der Waals surface area contributed by atoms with Crippen molar-refractivity contribution >= 4 is 34.2 Å². The number of hydrogen-bond acceptors (Lipinski definition) is 6. The van der Waals surface area contributed by atoms with Gasteiger partial charge in [-0.05, 0) is 97.0 Å². The number of nitrogens with zero attached hydrogens (tertiary/aromatic N) is 3. The van der Waals surface area contributed by atoms with E-state index in [0.29, 0.717) is 34.8 Å². The molecule has 0 amide bonds. The van der Waals surface area contributed by atoms with Crippen LogP contribution in [0.15, 0.2) is 76.6 Å². The minimum absolute atomic E-state index is 0.0845. The minimum atomic E-state index is -0.308. The summed E-state index contributed by atoms with van der Waals surface area (Å²) >= 11 is 0. The van der Waals surface area contributed by atoms with E-state index in [2.05, 4.69) is 73.8 Å². The lowest BCUT2D eigenvalue weighted by atomic mass is 9.98. The molecule has 2 N–H and O–H groups in total. The third-order valence-corrected chi connectivity index (χ3v) is 6.31. The zero-order valence-electron chi connectivity index (χ0n) is 22.0. The van der Waals surface area contributed by atoms with Gasteiger partial charge < -0.3 is 20.2 Å². The second kappa shape index (κ2) is 11.3. The number of allylic oxidation sites excluding steroid dienone is 2. The lowest BCUT2D eigenvalue weighted by molar-refractivity contribution is -0.109. The quantitative estimate of drug-likeness (QED) is 0.399. The smallest absolute Gasteiger partial charge is 0.208 e. The van der Waals surface area contributed by atoms with Crippen molar-refractivity contribution in [2.45, 2.75) is 60.5 Å². The first kappa shape index (κ1) is 26.1. The van der Waals surface area contributed by atoms with Gasteiger partial charge in [0.1, 0.15) is 11.5 Å². The minimum Gasteiger partial charge on any atom is -0.506 e. The molecule has 2 aromatic carbocycles. The molecule has 0 spiro atoms. The molecule has 0 aliphatic heterocycles. The number of nitrogens with one attached hydrogen (secondary N) is 1. The molecule has 1 aliphatic carbocycles. The maximum Gasteiger partial charge on any atom is 0.208 e. The number of ketones is 1. The normalized spacial score (nSPS) is 15.2. The van der Waals surface area contributed by atoms with Crippen LogP contribution in [0.3, 0.4) is 0 Å². The second-order valence-electron chi connectivity index (χ2n) is 9.30. The van der Waals surface area contributed by atoms with E-state index in [4.69, 9.17) is 0 Å². The molecule has 6 heteroatoms. The number of benzene rings is 2. The number of rotatable bonds is 9. The van der Waals surface area contributed by atoms with Crippen LogP contribution in [-0.2, 0) is 4.79 Å². The van der Waals surface area contributed by atoms with Crippen LogP contribution in [0.4, 0.5) is 22.7 Å². The standard InChI is InChI=1S/C29H38N4O2/c1-8-32(19(3)4)24-14-10-22(11-15-24)30-28-21(7)29(27(35)18-26(28)34)31-23-12-16-25(17-13-23)33(9-2)20(5)6/h10-20,30,34H,8-9H2,1-7H3. The van der Waals surface area contributed by atoms with E-state index >= 15 is 0 Å². The fourth-order valence-corrected chi connectivity index (χ4v) is 4.48. The highest BCUT2D eigenvalue weighted by atomic mass is 16.3. The van der Waals surface area contributed by atoms with E-state index in [-0.39, 0.29) is 11.5 Å². The Kier molecular flexibility index (Phi) is 8.39. The second-order valence-corrected chi connectivity index (χ2v) is 9.30. The first-order chi connectivity index (χ1) is 16.7. The number of aliphatic hydroxyl groups is 1. The van der Waals surface area contributed by atoms with E-state index < -0.39 is 0 Å². The Morgan fingerprint density at radius 1 is 0.857 bits per heavy atom. The van der Waals surface area contributed by atoms with Gasteiger partial charge in [-0.3, -0.25) is 4.79 Å². The summed E-state index contributed by atoms with van der Waals surface area (Å²) in [6.45, 7) is 16.6. The molecule has 0 saturated carbocycles. The molecule has 0 atom stereocenters. The number of anilines is 3. The lowest BCUT2D eigenvalue weighted by Crippen LogP contribution is -2.30. The average Bonchev–Trinajstić information content (AvgIpc) is 2.82. The molecule has 0 heterocycles. The average molecular weight is 475 g/mol. The molecule has 6 nitrogen and oxygen atoms in total. The summed E-state index contributed by atoms with van der Waals surface area (Å²) in [6.07, 6.45) is 1.23. The Labute approximate surface area is 209 Å². The Hall–Kier alpha value is -3.54. The Morgan fingerprint density at radius 2 is 1.34 bits per heavy atom. The maximum absolute atomic E-state index is 12.7. The summed E-state index contributed by atoms with van der Waals surface area (Å²) in [6, 6.07) is 16.8. The Balaban J connectivity index is 1.87. The molecule has 35 heavy (non-hydrogen) atoms. The molecule has 0 unspecified atom stereocenters. The monoisotopic (exact) mass is 474 g/mol. The molecular formula is C29H38N4O2. The van der Waals surface area contributed by atoms with Crippen LogP contribution in [0.5, 0.6) is 0 Å². The number of carbonyl (C=O) groups is 1. The van der Waals surface area contributed by atoms with Gasteiger partial charge in [-0.25, -0.2) is 4.99 Å². The van der Waals surface area contributed by atoms with E-state index in [1.54, 1.807) is 6.92 Å². The zero-order valence-corrected chi connectivity index (χ0v) is 22.0. The van der Waals surface area contributed by atoms with Crippen LogP contribution in [0.2, 0.25) is 0 Å². The first-order valence-corrected chi connectivity index (χ1v) is 12.4. The topological polar surface area (TPSA) is 68.2 Å². The summed E-state index contributed by atoms with van der Waals surface area (Å²) in [7, 11) is 0. The van der Waals surface area contributed by atoms with Gasteiger partial charge in [0.05, 0.1) is 11.4 Å². The third-order valence-electron chi connectivity index (χ3n) is 6.31. The summed E-state index contributed by atoms with van der Waals surface area (Å²) < 4.78 is 0. The number of aliphatic imine (C=N–C) groups is 1. The van der Waals surface area contributed by atoms with E-state index in [1.165, 1.54) is 6.08 Å². The van der Waals surface area contributed by atoms with Gasteiger partial charge in [0.15, 0.2) is 0 Å². The SMILES string of the molecule is CCN(c1ccc(N=C2C(=O)C=C(O)C(Nc3ccc(N(CC)C(C)C)cc3)=C2C)cc1)C(C)C. The molecule has 0 aromatic heterocycles. The summed E-state index contributed by atoms with van der Waals surface area (Å²) in [5.41, 5.74) is 5.21. The van der Waals surface area contributed by atoms with Gasteiger partial charge in [-0.2, -0.15) is 0 Å². The van der Waals surface area contributed by atoms with Crippen molar-refractivity contribution in [3.63, 3.8) is 0 Å². The number of aliphatic hydroxyl groups excluding tert-OH is 1. The summed E-state index contributed by atoms with van der Waals surface area (Å²) in [5.74, 6) is -0.392. The molecular weight excluding hydrogens is 436 g/mol. The van der Waals surface area contributed by atoms with Crippen molar-refractivity contribution in [3.05, 3.63) is 71.6 Å². The third kappa shape index (κ3) is 5.94. The molecule has 1 aliphatic rings. The molecule has 3 rings (SSSR count). The van der Waals surface area contributed by atoms with Crippen molar-refractivity contribution in [3.8, 4) is 0 Å². The van der Waals surface area contributed by atoms with Crippen molar-refractivity contribution in [2.24, 2.45) is 4.99 Å². The van der Waals surface area contributed by atoms with Crippen LogP contribution in [-0.4, -0.2) is 41.8 Å². The molecule has 0 bridgehead atoms. The molecule has 2 aromatic rings. The number of hydrogen-bond donors (Lipinski definition) is 2. The van der Waals surface area contributed by atoms with Gasteiger partial charge >= 0.3 is 0 Å². The lowest BCUT2D eigenvalue weighted by Gasteiger charge is -2.28. The molecule has 0 saturated heterocycles. The van der Waals surface area contributed by atoms with Crippen LogP contribution in [0, 0.1) is 0 Å². The van der Waals surface area contributed by atoms with Crippen LogP contribution in [0.25, 0.3) is 0 Å². The Bertz CT molecular complexity index is 1130. The first-order valence-electron chi connectivity index (χ1n) is 12.4. The maximum atomic E-state index is 12.7. The van der Waals surface area contributed by atoms with Gasteiger partial charge in [0.2, 0.25) is 5.78 Å². The van der Waals surface area contributed by atoms with Crippen LogP contribution < -0.4 is 15.1 Å². The molecule has 0 fully saturated rings. The highest BCUT2D eigenvalue weighted by molar-refractivity contribution is 6.51. The van der Waals surface area contributed by atoms with Gasteiger partial charge in [-0.15, -0.1) is 0 Å². The summed E-state index contributed by atoms with van der Waals surface area (Å²) in [5, 5.41) is 13.8. The highest BCUT2D eigenvalue weighted by Gasteiger charge is 2.24. The zero-order chi connectivity index (χ0) is 25.7. The van der Waals surface area contributed by atoms with Gasteiger partial charge in [0.25, 0.3) is 0 Å². The molecule has 0 radical (unpaired) electrons. The molecule has 186 valence electrons. The van der Waals surface area contributed by atoms with E-state index in [0.717, 1.165) is 30.2 Å². The van der Waals surface area contributed by atoms with E-state index in [1.807, 2.05) is 36.4 Å². The fraction of sp³-hybridized carbons (Fsp3) is 0.379. The van der Waals surface area contributed by atoms with Crippen molar-refractivity contribution < 1.29 is 9.90 Å². The fourth-order valence-electron chi connectivity index (χ4n) is 4.48.